The second-order valence-electron chi connectivity index (χ2n) is 3.71. The summed E-state index contributed by atoms with van der Waals surface area (Å²) in [5.74, 6) is 0. The Bertz CT molecular complexity index is 745. The Hall–Kier alpha value is -2.20. The van der Waals surface area contributed by atoms with Crippen LogP contribution < -0.4 is 0 Å². The lowest BCUT2D eigenvalue weighted by molar-refractivity contribution is 1.07. The molecule has 0 fully saturated rings. The lowest BCUT2D eigenvalue weighted by atomic mass is 10.7. The maximum absolute atomic E-state index is 4.32. The molecule has 98 valence electrons. The molecule has 20 heavy (non-hydrogen) atoms. The van der Waals surface area contributed by atoms with Crippen LogP contribution in [0.2, 0.25) is 0 Å². The van der Waals surface area contributed by atoms with Crippen LogP contribution in [0.1, 0.15) is 0 Å². The van der Waals surface area contributed by atoms with Gasteiger partial charge in [0.15, 0.2) is 32.9 Å². The smallest absolute Gasteiger partial charge is 0.198 e. The number of nitrogens with one attached hydrogen (secondary N) is 2. The van der Waals surface area contributed by atoms with Crippen LogP contribution in [-0.4, -0.2) is 39.9 Å². The zero-order chi connectivity index (χ0) is 13.4. The Kier molecular flexibility index (Phi) is 2.74. The van der Waals surface area contributed by atoms with Crippen molar-refractivity contribution in [1.82, 2.24) is 39.9 Å². The van der Waals surface area contributed by atoms with Gasteiger partial charge >= 0.3 is 0 Å². The summed E-state index contributed by atoms with van der Waals surface area (Å²) in [5, 5.41) is 1.44. The van der Waals surface area contributed by atoms with Gasteiger partial charge in [0.25, 0.3) is 0 Å². The van der Waals surface area contributed by atoms with Gasteiger partial charge in [-0.3, -0.25) is 0 Å². The van der Waals surface area contributed by atoms with E-state index in [0.29, 0.717) is 22.6 Å². The molecule has 0 aliphatic heterocycles. The van der Waals surface area contributed by atoms with Crippen molar-refractivity contribution in [1.29, 1.82) is 0 Å². The van der Waals surface area contributed by atoms with Gasteiger partial charge in [0.2, 0.25) is 0 Å². The standard InChI is InChI=1S/C10H6N8S2/c1-2-12-6-5(11-1)15-9(16-6)19-20-10-17-7-8(18-10)14-4-3-13-7/h1-4H,(H,11,12,15,16)(H,13,14,17,18). The Morgan fingerprint density at radius 1 is 0.650 bits per heavy atom. The van der Waals surface area contributed by atoms with Crippen LogP contribution in [0, 0.1) is 0 Å². The summed E-state index contributed by atoms with van der Waals surface area (Å²) in [5.41, 5.74) is 2.54. The summed E-state index contributed by atoms with van der Waals surface area (Å²) in [6, 6.07) is 0. The van der Waals surface area contributed by atoms with Crippen molar-refractivity contribution in [2.24, 2.45) is 0 Å². The van der Waals surface area contributed by atoms with E-state index in [0.717, 1.165) is 10.3 Å². The lowest BCUT2D eigenvalue weighted by Gasteiger charge is -1.91. The summed E-state index contributed by atoms with van der Waals surface area (Å²) < 4.78 is 0. The first kappa shape index (κ1) is 11.6. The van der Waals surface area contributed by atoms with E-state index < -0.39 is 0 Å². The lowest BCUT2D eigenvalue weighted by Crippen LogP contribution is -1.77. The molecule has 4 aromatic heterocycles. The second-order valence-corrected chi connectivity index (χ2v) is 5.81. The first-order valence-electron chi connectivity index (χ1n) is 5.56. The summed E-state index contributed by atoms with van der Waals surface area (Å²) in [7, 11) is 2.87. The Morgan fingerprint density at radius 3 is 1.55 bits per heavy atom. The van der Waals surface area contributed by atoms with Crippen LogP contribution in [0.25, 0.3) is 22.6 Å². The van der Waals surface area contributed by atoms with Gasteiger partial charge in [-0.25, -0.2) is 29.9 Å². The first-order valence-corrected chi connectivity index (χ1v) is 7.71. The normalized spacial score (nSPS) is 11.4. The van der Waals surface area contributed by atoms with E-state index in [1.54, 1.807) is 24.8 Å². The van der Waals surface area contributed by atoms with Crippen molar-refractivity contribution >= 4 is 44.2 Å². The highest BCUT2D eigenvalue weighted by molar-refractivity contribution is 8.76. The predicted molar refractivity (Wildman–Crippen MR) is 75.1 cm³/mol. The topological polar surface area (TPSA) is 109 Å². The van der Waals surface area contributed by atoms with E-state index in [9.17, 15) is 0 Å². The Morgan fingerprint density at radius 2 is 1.10 bits per heavy atom. The molecule has 0 radical (unpaired) electrons. The number of aromatic nitrogens is 8. The van der Waals surface area contributed by atoms with E-state index in [-0.39, 0.29) is 0 Å². The molecular formula is C10H6N8S2. The van der Waals surface area contributed by atoms with Gasteiger partial charge in [-0.1, -0.05) is 0 Å². The van der Waals surface area contributed by atoms with Crippen LogP contribution in [0.4, 0.5) is 0 Å². The summed E-state index contributed by atoms with van der Waals surface area (Å²) >= 11 is 0. The monoisotopic (exact) mass is 302 g/mol. The van der Waals surface area contributed by atoms with Gasteiger partial charge in [-0.2, -0.15) is 0 Å². The van der Waals surface area contributed by atoms with Crippen molar-refractivity contribution in [3.8, 4) is 0 Å². The van der Waals surface area contributed by atoms with Gasteiger partial charge in [0, 0.05) is 24.8 Å². The van der Waals surface area contributed by atoms with Crippen molar-refractivity contribution in [3.63, 3.8) is 0 Å². The third-order valence-electron chi connectivity index (χ3n) is 2.42. The number of aromatic amines is 2. The average Bonchev–Trinajstić information content (AvgIpc) is 3.07. The molecule has 0 aromatic carbocycles. The highest BCUT2D eigenvalue weighted by Crippen LogP contribution is 2.34. The number of rotatable bonds is 3. The summed E-state index contributed by atoms with van der Waals surface area (Å²) in [6.45, 7) is 0. The molecule has 8 nitrogen and oxygen atoms in total. The van der Waals surface area contributed by atoms with Crippen LogP contribution in [-0.2, 0) is 0 Å². The minimum atomic E-state index is 0.600. The number of fused-ring (bicyclic) bond motifs is 2. The van der Waals surface area contributed by atoms with Gasteiger partial charge in [0.1, 0.15) is 0 Å². The van der Waals surface area contributed by atoms with Crippen molar-refractivity contribution in [3.05, 3.63) is 24.8 Å². The maximum Gasteiger partial charge on any atom is 0.198 e. The van der Waals surface area contributed by atoms with Crippen molar-refractivity contribution in [2.45, 2.75) is 10.3 Å². The molecular weight excluding hydrogens is 296 g/mol. The van der Waals surface area contributed by atoms with E-state index >= 15 is 0 Å². The van der Waals surface area contributed by atoms with Crippen LogP contribution in [0.15, 0.2) is 35.1 Å². The van der Waals surface area contributed by atoms with Crippen LogP contribution in [0.3, 0.4) is 0 Å². The van der Waals surface area contributed by atoms with Gasteiger partial charge in [-0.15, -0.1) is 0 Å². The molecule has 2 N–H and O–H groups in total. The van der Waals surface area contributed by atoms with Gasteiger partial charge in [-0.05, 0) is 21.6 Å². The Labute approximate surface area is 119 Å². The molecule has 4 aromatic rings. The zero-order valence-corrected chi connectivity index (χ0v) is 11.4. The predicted octanol–water partition coefficient (Wildman–Crippen LogP) is 1.82. The number of hydrogen-bond donors (Lipinski definition) is 2. The van der Waals surface area contributed by atoms with Crippen molar-refractivity contribution < 1.29 is 0 Å². The average molecular weight is 302 g/mol. The number of nitrogens with zero attached hydrogens (tertiary/aromatic N) is 6. The molecule has 0 saturated carbocycles. The number of imidazole rings is 2. The van der Waals surface area contributed by atoms with Crippen molar-refractivity contribution in [2.75, 3.05) is 0 Å². The molecule has 0 atom stereocenters. The third kappa shape index (κ3) is 2.08. The summed E-state index contributed by atoms with van der Waals surface area (Å²) in [6.07, 6.45) is 6.47. The van der Waals surface area contributed by atoms with E-state index in [1.807, 2.05) is 0 Å². The fourth-order valence-corrected chi connectivity index (χ4v) is 3.24. The molecule has 0 aliphatic carbocycles. The van der Waals surface area contributed by atoms with Crippen LogP contribution >= 0.6 is 21.6 Å². The molecule has 0 saturated heterocycles. The second kappa shape index (κ2) is 4.72. The quantitative estimate of drug-likeness (QED) is 0.551. The largest absolute Gasteiger partial charge is 0.315 e. The van der Waals surface area contributed by atoms with E-state index in [1.165, 1.54) is 21.6 Å². The highest BCUT2D eigenvalue weighted by Gasteiger charge is 2.09. The molecule has 10 heteroatoms. The number of hydrogen-bond acceptors (Lipinski definition) is 8. The minimum Gasteiger partial charge on any atom is -0.315 e. The molecule has 4 heterocycles. The maximum atomic E-state index is 4.32. The van der Waals surface area contributed by atoms with Gasteiger partial charge < -0.3 is 9.97 Å². The van der Waals surface area contributed by atoms with E-state index in [2.05, 4.69) is 39.9 Å². The fraction of sp³-hybridized carbons (Fsp3) is 0. The zero-order valence-electron chi connectivity index (χ0n) is 9.81. The molecule has 4 rings (SSSR count). The third-order valence-corrected chi connectivity index (χ3v) is 4.41. The summed E-state index contributed by atoms with van der Waals surface area (Å²) in [4.78, 5) is 31.3. The molecule has 0 spiro atoms. The molecule has 0 aliphatic rings. The fourth-order valence-electron chi connectivity index (χ4n) is 1.61. The highest BCUT2D eigenvalue weighted by atomic mass is 33.1. The minimum absolute atomic E-state index is 0.600. The number of H-pyrrole nitrogens is 2. The first-order chi connectivity index (χ1) is 9.88. The Balaban J connectivity index is 1.57. The molecule has 0 unspecified atom stereocenters. The van der Waals surface area contributed by atoms with Gasteiger partial charge in [0.05, 0.1) is 0 Å². The van der Waals surface area contributed by atoms with E-state index in [4.69, 9.17) is 0 Å². The SMILES string of the molecule is c1cnc2[nH]c(SSc3nc4nccnc4[nH]3)nc2n1. The molecule has 0 amide bonds. The molecule has 0 bridgehead atoms. The van der Waals surface area contributed by atoms with Crippen LogP contribution in [0.5, 0.6) is 0 Å².